The van der Waals surface area contributed by atoms with Gasteiger partial charge in [-0.25, -0.2) is 9.18 Å². The predicted octanol–water partition coefficient (Wildman–Crippen LogP) is 5.23. The van der Waals surface area contributed by atoms with E-state index in [1.807, 2.05) is 0 Å². The Kier molecular flexibility index (Phi) is 10.1. The summed E-state index contributed by atoms with van der Waals surface area (Å²) in [4.78, 5) is 11.2. The van der Waals surface area contributed by atoms with Crippen LogP contribution in [0, 0.1) is 0 Å². The van der Waals surface area contributed by atoms with Gasteiger partial charge in [0.2, 0.25) is 0 Å². The van der Waals surface area contributed by atoms with Crippen LogP contribution < -0.4 is 0 Å². The lowest BCUT2D eigenvalue weighted by molar-refractivity contribution is -0.149. The minimum absolute atomic E-state index is 0.000206. The molecule has 0 aromatic heterocycles. The molecule has 0 N–H and O–H groups in total. The third-order valence-corrected chi connectivity index (χ3v) is 9.56. The van der Waals surface area contributed by atoms with Crippen molar-refractivity contribution in [3.63, 3.8) is 0 Å². The van der Waals surface area contributed by atoms with E-state index in [0.29, 0.717) is 0 Å². The van der Waals surface area contributed by atoms with Gasteiger partial charge >= 0.3 is 5.97 Å². The number of rotatable bonds is 10. The van der Waals surface area contributed by atoms with E-state index in [2.05, 4.69) is 54.5 Å². The summed E-state index contributed by atoms with van der Waals surface area (Å²) in [5.41, 5.74) is 0. The highest BCUT2D eigenvalue weighted by Crippen LogP contribution is 2.36. The van der Waals surface area contributed by atoms with Gasteiger partial charge in [-0.2, -0.15) is 0 Å². The zero-order valence-corrected chi connectivity index (χ0v) is 17.5. The number of esters is 1. The lowest BCUT2D eigenvalue weighted by atomic mass is 10.1. The zero-order chi connectivity index (χ0) is 17.4. The molecule has 6 heteroatoms. The van der Waals surface area contributed by atoms with Gasteiger partial charge in [0, 0.05) is 17.9 Å². The predicted molar refractivity (Wildman–Crippen MR) is 95.9 cm³/mol. The fourth-order valence-electron chi connectivity index (χ4n) is 1.68. The standard InChI is InChI=1S/C16H32BrFO3Si/c1-7-20-15(19)14(18)12-13(17)10-8-9-11-21-22(5,6)16(2,3)4/h13-14H,7-12H2,1-6H3/t13?,14-/m1/s1. The van der Waals surface area contributed by atoms with Gasteiger partial charge in [0.25, 0.3) is 0 Å². The molecule has 3 nitrogen and oxygen atoms in total. The van der Waals surface area contributed by atoms with Gasteiger partial charge in [-0.3, -0.25) is 0 Å². The van der Waals surface area contributed by atoms with E-state index in [9.17, 15) is 9.18 Å². The molecule has 0 aliphatic carbocycles. The SMILES string of the molecule is CCOC(=O)[C@H](F)CC(Br)CCCCO[Si](C)(C)C(C)(C)C. The molecular formula is C16H32BrFO3Si. The Morgan fingerprint density at radius 1 is 1.27 bits per heavy atom. The Bertz CT molecular complexity index is 332. The number of hydrogen-bond acceptors (Lipinski definition) is 3. The smallest absolute Gasteiger partial charge is 0.340 e. The number of ether oxygens (including phenoxy) is 1. The second-order valence-electron chi connectivity index (χ2n) is 7.16. The van der Waals surface area contributed by atoms with Gasteiger partial charge < -0.3 is 9.16 Å². The Labute approximate surface area is 144 Å². The molecule has 0 saturated heterocycles. The molecule has 2 atom stereocenters. The fourth-order valence-corrected chi connectivity index (χ4v) is 3.42. The summed E-state index contributed by atoms with van der Waals surface area (Å²) < 4.78 is 24.3. The average molecular weight is 399 g/mol. The lowest BCUT2D eigenvalue weighted by Gasteiger charge is -2.36. The summed E-state index contributed by atoms with van der Waals surface area (Å²) in [6.45, 7) is 13.8. The highest BCUT2D eigenvalue weighted by molar-refractivity contribution is 9.09. The largest absolute Gasteiger partial charge is 0.464 e. The minimum atomic E-state index is -1.67. The maximum absolute atomic E-state index is 13.6. The Balaban J connectivity index is 3.86. The minimum Gasteiger partial charge on any atom is -0.464 e. The highest BCUT2D eigenvalue weighted by atomic mass is 79.9. The van der Waals surface area contributed by atoms with E-state index < -0.39 is 20.5 Å². The van der Waals surface area contributed by atoms with Gasteiger partial charge in [-0.1, -0.05) is 43.1 Å². The Morgan fingerprint density at radius 2 is 1.86 bits per heavy atom. The number of halogens is 2. The van der Waals surface area contributed by atoms with Crippen LogP contribution in [-0.4, -0.2) is 38.5 Å². The molecule has 0 aliphatic rings. The zero-order valence-electron chi connectivity index (χ0n) is 14.9. The first-order chi connectivity index (χ1) is 10.0. The van der Waals surface area contributed by atoms with Gasteiger partial charge in [0.05, 0.1) is 6.61 Å². The maximum Gasteiger partial charge on any atom is 0.340 e. The molecular weight excluding hydrogens is 367 g/mol. The first-order valence-electron chi connectivity index (χ1n) is 8.10. The van der Waals surface area contributed by atoms with E-state index in [1.54, 1.807) is 6.92 Å². The Hall–Kier alpha value is 0.0569. The first kappa shape index (κ1) is 22.1. The van der Waals surface area contributed by atoms with E-state index in [1.165, 1.54) is 0 Å². The quantitative estimate of drug-likeness (QED) is 0.218. The molecule has 0 aromatic carbocycles. The van der Waals surface area contributed by atoms with Crippen molar-refractivity contribution in [2.45, 2.75) is 82.5 Å². The number of hydrogen-bond donors (Lipinski definition) is 0. The van der Waals surface area contributed by atoms with Crippen LogP contribution in [0.4, 0.5) is 4.39 Å². The van der Waals surface area contributed by atoms with E-state index in [4.69, 9.17) is 4.43 Å². The van der Waals surface area contributed by atoms with Gasteiger partial charge in [0.1, 0.15) is 0 Å². The van der Waals surface area contributed by atoms with Crippen LogP contribution in [0.5, 0.6) is 0 Å². The van der Waals surface area contributed by atoms with E-state index >= 15 is 0 Å². The van der Waals surface area contributed by atoms with Crippen LogP contribution in [0.15, 0.2) is 0 Å². The second-order valence-corrected chi connectivity index (χ2v) is 13.3. The van der Waals surface area contributed by atoms with Crippen molar-refractivity contribution in [3.05, 3.63) is 0 Å². The average Bonchev–Trinajstić information content (AvgIpc) is 2.36. The van der Waals surface area contributed by atoms with Crippen LogP contribution in [-0.2, 0) is 14.0 Å². The molecule has 22 heavy (non-hydrogen) atoms. The van der Waals surface area contributed by atoms with Crippen molar-refractivity contribution < 1.29 is 18.3 Å². The van der Waals surface area contributed by atoms with Crippen LogP contribution in [0.25, 0.3) is 0 Å². The molecule has 0 bridgehead atoms. The van der Waals surface area contributed by atoms with Crippen LogP contribution in [0.1, 0.15) is 53.4 Å². The van der Waals surface area contributed by atoms with Gasteiger partial charge in [-0.05, 0) is 37.9 Å². The molecule has 0 heterocycles. The van der Waals surface area contributed by atoms with Crippen molar-refractivity contribution >= 4 is 30.2 Å². The molecule has 0 saturated carbocycles. The van der Waals surface area contributed by atoms with Crippen LogP contribution >= 0.6 is 15.9 Å². The van der Waals surface area contributed by atoms with Crippen molar-refractivity contribution in [1.82, 2.24) is 0 Å². The molecule has 0 radical (unpaired) electrons. The van der Waals surface area contributed by atoms with Crippen LogP contribution in [0.2, 0.25) is 18.1 Å². The monoisotopic (exact) mass is 398 g/mol. The molecule has 0 spiro atoms. The van der Waals surface area contributed by atoms with Gasteiger partial charge in [0.15, 0.2) is 14.5 Å². The summed E-state index contributed by atoms with van der Waals surface area (Å²) >= 11 is 3.44. The van der Waals surface area contributed by atoms with Crippen molar-refractivity contribution in [2.24, 2.45) is 0 Å². The van der Waals surface area contributed by atoms with E-state index in [0.717, 1.165) is 25.9 Å². The maximum atomic E-state index is 13.6. The molecule has 0 fully saturated rings. The first-order valence-corrected chi connectivity index (χ1v) is 11.9. The summed E-state index contributed by atoms with van der Waals surface area (Å²) in [7, 11) is -1.67. The second kappa shape index (κ2) is 10.0. The highest BCUT2D eigenvalue weighted by Gasteiger charge is 2.36. The Morgan fingerprint density at radius 3 is 2.36 bits per heavy atom. The number of unbranched alkanes of at least 4 members (excludes halogenated alkanes) is 1. The van der Waals surface area contributed by atoms with E-state index in [-0.39, 0.29) is 22.9 Å². The normalized spacial score (nSPS) is 15.5. The summed E-state index contributed by atoms with van der Waals surface area (Å²) in [6.07, 6.45) is 1.39. The molecule has 0 rings (SSSR count). The summed E-state index contributed by atoms with van der Waals surface area (Å²) in [6, 6.07) is 0. The molecule has 1 unspecified atom stereocenters. The number of carbonyl (C=O) groups is 1. The summed E-state index contributed by atoms with van der Waals surface area (Å²) in [5, 5.41) is 0.228. The van der Waals surface area contributed by atoms with Crippen molar-refractivity contribution in [2.75, 3.05) is 13.2 Å². The molecule has 132 valence electrons. The number of alkyl halides is 2. The molecule has 0 amide bonds. The number of carbonyl (C=O) groups excluding carboxylic acids is 1. The van der Waals surface area contributed by atoms with Crippen molar-refractivity contribution in [3.8, 4) is 0 Å². The third kappa shape index (κ3) is 8.63. The molecule has 0 aliphatic heterocycles. The summed E-state index contributed by atoms with van der Waals surface area (Å²) in [5.74, 6) is -0.756. The lowest BCUT2D eigenvalue weighted by Crippen LogP contribution is -2.40. The molecule has 0 aromatic rings. The third-order valence-electron chi connectivity index (χ3n) is 4.19. The van der Waals surface area contributed by atoms with Gasteiger partial charge in [-0.15, -0.1) is 0 Å². The fraction of sp³-hybridized carbons (Fsp3) is 0.938. The van der Waals surface area contributed by atoms with Crippen LogP contribution in [0.3, 0.4) is 0 Å². The van der Waals surface area contributed by atoms with Crippen molar-refractivity contribution in [1.29, 1.82) is 0 Å². The topological polar surface area (TPSA) is 35.5 Å².